The van der Waals surface area contributed by atoms with Crippen LogP contribution in [0.3, 0.4) is 0 Å². The van der Waals surface area contributed by atoms with Crippen LogP contribution in [0, 0.1) is 0 Å². The second-order valence-corrected chi connectivity index (χ2v) is 9.53. The van der Waals surface area contributed by atoms with E-state index in [0.29, 0.717) is 11.3 Å². The second-order valence-electron chi connectivity index (χ2n) is 9.53. The van der Waals surface area contributed by atoms with Gasteiger partial charge in [0.1, 0.15) is 35.9 Å². The Morgan fingerprint density at radius 2 is 1.89 bits per heavy atom. The van der Waals surface area contributed by atoms with Crippen LogP contribution >= 0.6 is 0 Å². The number of phenols is 1. The quantitative estimate of drug-likeness (QED) is 0.223. The standard InChI is InChI=1S/C25H26N4O8/c1-10-12-6-14(17(31)7-18(12)36-24-22(34)21(33)20(32)19(9-30)37-24)23-26-27-25(35)29(23)11-3-4-16-13(5-11)15(10)8-28(16)2/h3-8,10,19-22,24,30-34H,9H2,1-2H3,(H,27,35)/t10?,19?,20-,21-,22+,24+/m0/s1. The molecule has 4 aromatic rings. The number of phenolic OH excluding ortho intramolecular Hbond substituents is 1. The number of rotatable bonds is 3. The Labute approximate surface area is 209 Å². The minimum atomic E-state index is -1.63. The zero-order valence-corrected chi connectivity index (χ0v) is 19.9. The van der Waals surface area contributed by atoms with Crippen molar-refractivity contribution in [3.63, 3.8) is 0 Å². The van der Waals surface area contributed by atoms with Gasteiger partial charge in [-0.15, -0.1) is 0 Å². The Kier molecular flexibility index (Phi) is 5.40. The third-order valence-corrected chi connectivity index (χ3v) is 7.33. The number of aliphatic hydroxyl groups excluding tert-OH is 4. The maximum absolute atomic E-state index is 12.7. The van der Waals surface area contributed by atoms with Crippen LogP contribution in [0.4, 0.5) is 0 Å². The number of nitrogens with one attached hydrogen (secondary N) is 1. The number of fused-ring (bicyclic) bond motifs is 6. The van der Waals surface area contributed by atoms with Crippen LogP contribution in [0.5, 0.6) is 11.5 Å². The third kappa shape index (κ3) is 3.49. The smallest absolute Gasteiger partial charge is 0.348 e. The van der Waals surface area contributed by atoms with E-state index in [4.69, 9.17) is 9.47 Å². The van der Waals surface area contributed by atoms with E-state index in [2.05, 4.69) is 10.2 Å². The lowest BCUT2D eigenvalue weighted by Crippen LogP contribution is -2.60. The van der Waals surface area contributed by atoms with E-state index in [1.807, 2.05) is 42.9 Å². The minimum Gasteiger partial charge on any atom is -0.507 e. The van der Waals surface area contributed by atoms with Gasteiger partial charge < -0.3 is 39.6 Å². The molecule has 2 aliphatic heterocycles. The zero-order valence-electron chi connectivity index (χ0n) is 19.9. The highest BCUT2D eigenvalue weighted by Crippen LogP contribution is 2.44. The lowest BCUT2D eigenvalue weighted by Gasteiger charge is -2.40. The number of aryl methyl sites for hydroxylation is 1. The SMILES string of the molecule is CC1c2cc(c(O)cc2O[C@@H]2OC(CO)[C@H](O)[C@H](O)[C@H]2O)-c2n[nH]c(=O)n2-c2ccc3c(c2)c1cn3C. The zero-order chi connectivity index (χ0) is 26.2. The van der Waals surface area contributed by atoms with Crippen molar-refractivity contribution in [2.24, 2.45) is 7.05 Å². The predicted octanol–water partition coefficient (Wildman–Crippen LogP) is 0.0688. The lowest BCUT2D eigenvalue weighted by molar-refractivity contribution is -0.277. The van der Waals surface area contributed by atoms with Gasteiger partial charge in [-0.2, -0.15) is 5.10 Å². The van der Waals surface area contributed by atoms with Gasteiger partial charge in [-0.1, -0.05) is 6.92 Å². The van der Waals surface area contributed by atoms with Crippen molar-refractivity contribution in [1.82, 2.24) is 19.3 Å². The summed E-state index contributed by atoms with van der Waals surface area (Å²) in [7, 11) is 1.92. The number of H-pyrrole nitrogens is 1. The summed E-state index contributed by atoms with van der Waals surface area (Å²) in [6.07, 6.45) is -5.40. The summed E-state index contributed by atoms with van der Waals surface area (Å²) < 4.78 is 14.9. The van der Waals surface area contributed by atoms with Gasteiger partial charge in [0.25, 0.3) is 0 Å². The number of aliphatic hydroxyl groups is 4. The van der Waals surface area contributed by atoms with Gasteiger partial charge in [0.15, 0.2) is 5.82 Å². The molecule has 6 atom stereocenters. The summed E-state index contributed by atoms with van der Waals surface area (Å²) >= 11 is 0. The van der Waals surface area contributed by atoms with Gasteiger partial charge in [-0.05, 0) is 29.8 Å². The van der Waals surface area contributed by atoms with Crippen molar-refractivity contribution in [3.8, 4) is 28.6 Å². The molecule has 2 aromatic carbocycles. The van der Waals surface area contributed by atoms with Crippen molar-refractivity contribution in [3.05, 3.63) is 58.1 Å². The van der Waals surface area contributed by atoms with Crippen LogP contribution in [0.25, 0.3) is 28.0 Å². The molecule has 2 unspecified atom stereocenters. The average Bonchev–Trinajstić information content (AvgIpc) is 3.43. The third-order valence-electron chi connectivity index (χ3n) is 7.33. The minimum absolute atomic E-state index is 0.149. The van der Waals surface area contributed by atoms with Crippen LogP contribution in [0.15, 0.2) is 41.3 Å². The fraction of sp³-hybridized carbons (Fsp3) is 0.360. The largest absolute Gasteiger partial charge is 0.507 e. The highest BCUT2D eigenvalue weighted by Gasteiger charge is 2.45. The van der Waals surface area contributed by atoms with Crippen molar-refractivity contribution in [1.29, 1.82) is 0 Å². The number of benzene rings is 2. The Morgan fingerprint density at radius 1 is 1.11 bits per heavy atom. The molecule has 2 aliphatic rings. The first kappa shape index (κ1) is 23.7. The molecule has 0 amide bonds. The van der Waals surface area contributed by atoms with E-state index in [1.54, 1.807) is 6.07 Å². The summed E-state index contributed by atoms with van der Waals surface area (Å²) in [4.78, 5) is 12.7. The van der Waals surface area contributed by atoms with Gasteiger partial charge in [0.2, 0.25) is 6.29 Å². The van der Waals surface area contributed by atoms with Crippen LogP contribution in [-0.4, -0.2) is 82.2 Å². The van der Waals surface area contributed by atoms with Crippen LogP contribution < -0.4 is 10.4 Å². The molecule has 12 heteroatoms. The molecule has 4 bridgehead atoms. The molecule has 194 valence electrons. The summed E-state index contributed by atoms with van der Waals surface area (Å²) in [6.45, 7) is 1.35. The monoisotopic (exact) mass is 510 g/mol. The molecule has 1 saturated heterocycles. The molecular formula is C25H26N4O8. The molecule has 6 rings (SSSR count). The molecule has 37 heavy (non-hydrogen) atoms. The number of hydrogen-bond donors (Lipinski definition) is 6. The molecule has 0 saturated carbocycles. The molecule has 1 fully saturated rings. The molecule has 6 N–H and O–H groups in total. The molecule has 0 radical (unpaired) electrons. The van der Waals surface area contributed by atoms with Crippen molar-refractivity contribution < 1.29 is 35.0 Å². The first-order valence-corrected chi connectivity index (χ1v) is 11.8. The number of hydrogen-bond acceptors (Lipinski definition) is 9. The van der Waals surface area contributed by atoms with E-state index < -0.39 is 43.0 Å². The number of nitrogens with zero attached hydrogens (tertiary/aromatic N) is 3. The highest BCUT2D eigenvalue weighted by atomic mass is 16.7. The molecule has 0 aliphatic carbocycles. The first-order chi connectivity index (χ1) is 17.7. The molecule has 0 spiro atoms. The summed E-state index contributed by atoms with van der Waals surface area (Å²) in [6, 6.07) is 8.61. The lowest BCUT2D eigenvalue weighted by atomic mass is 9.89. The van der Waals surface area contributed by atoms with E-state index in [-0.39, 0.29) is 28.8 Å². The summed E-state index contributed by atoms with van der Waals surface area (Å²) in [5.74, 6) is -0.188. The average molecular weight is 511 g/mol. The van der Waals surface area contributed by atoms with Crippen molar-refractivity contribution >= 4 is 10.9 Å². The predicted molar refractivity (Wildman–Crippen MR) is 130 cm³/mol. The molecule has 12 nitrogen and oxygen atoms in total. The fourth-order valence-electron chi connectivity index (χ4n) is 5.27. The fourth-order valence-corrected chi connectivity index (χ4v) is 5.27. The normalized spacial score (nSPS) is 26.9. The maximum Gasteiger partial charge on any atom is 0.348 e. The summed E-state index contributed by atoms with van der Waals surface area (Å²) in [5, 5.41) is 58.9. The molecular weight excluding hydrogens is 484 g/mol. The number of aromatic hydroxyl groups is 1. The van der Waals surface area contributed by atoms with Gasteiger partial charge in [0.05, 0.1) is 17.9 Å². The van der Waals surface area contributed by atoms with Crippen molar-refractivity contribution in [2.75, 3.05) is 6.61 Å². The Morgan fingerprint density at radius 3 is 2.65 bits per heavy atom. The van der Waals surface area contributed by atoms with Gasteiger partial charge >= 0.3 is 5.69 Å². The van der Waals surface area contributed by atoms with E-state index in [1.165, 1.54) is 10.6 Å². The highest BCUT2D eigenvalue weighted by molar-refractivity contribution is 5.88. The van der Waals surface area contributed by atoms with Crippen LogP contribution in [-0.2, 0) is 11.8 Å². The van der Waals surface area contributed by atoms with Gasteiger partial charge in [-0.3, -0.25) is 0 Å². The Bertz CT molecular complexity index is 1570. The number of aromatic nitrogens is 4. The Hall–Kier alpha value is -3.68. The van der Waals surface area contributed by atoms with E-state index >= 15 is 0 Å². The van der Waals surface area contributed by atoms with E-state index in [9.17, 15) is 30.3 Å². The van der Waals surface area contributed by atoms with Crippen LogP contribution in [0.1, 0.15) is 24.0 Å². The number of ether oxygens (including phenoxy) is 2. The topological polar surface area (TPSA) is 175 Å². The van der Waals surface area contributed by atoms with Gasteiger partial charge in [-0.25, -0.2) is 14.5 Å². The molecule has 4 heterocycles. The van der Waals surface area contributed by atoms with Crippen molar-refractivity contribution in [2.45, 2.75) is 43.5 Å². The van der Waals surface area contributed by atoms with E-state index in [0.717, 1.165) is 16.5 Å². The second kappa shape index (κ2) is 8.43. The maximum atomic E-state index is 12.7. The number of aromatic amines is 1. The first-order valence-electron chi connectivity index (χ1n) is 11.8. The van der Waals surface area contributed by atoms with Crippen LogP contribution in [0.2, 0.25) is 0 Å². The Balaban J connectivity index is 1.55. The summed E-state index contributed by atoms with van der Waals surface area (Å²) in [5.41, 5.74) is 2.86. The molecule has 2 aromatic heterocycles. The van der Waals surface area contributed by atoms with Gasteiger partial charge in [0, 0.05) is 41.7 Å².